The van der Waals surface area contributed by atoms with E-state index in [1.54, 1.807) is 6.07 Å². The van der Waals surface area contributed by atoms with E-state index in [9.17, 15) is 9.18 Å². The molecular weight excluding hydrogens is 399 g/mol. The summed E-state index contributed by atoms with van der Waals surface area (Å²) in [5.41, 5.74) is -0.0748. The minimum Gasteiger partial charge on any atom is -0.459 e. The third-order valence-electron chi connectivity index (χ3n) is 1.46. The van der Waals surface area contributed by atoms with Gasteiger partial charge < -0.3 is 4.74 Å². The van der Waals surface area contributed by atoms with E-state index in [1.807, 2.05) is 0 Å². The van der Waals surface area contributed by atoms with Crippen LogP contribution in [-0.4, -0.2) is 14.7 Å². The molecule has 0 amide bonds. The number of alkyl halides is 3. The lowest BCUT2D eigenvalue weighted by Crippen LogP contribution is -2.16. The summed E-state index contributed by atoms with van der Waals surface area (Å²) in [7, 11) is 0. The van der Waals surface area contributed by atoms with Crippen molar-refractivity contribution in [3.63, 3.8) is 0 Å². The molecule has 0 aliphatic carbocycles. The average molecular weight is 405 g/mol. The molecule has 1 aromatic carbocycles. The van der Waals surface area contributed by atoms with Gasteiger partial charge in [0.1, 0.15) is 12.4 Å². The standard InChI is InChI=1S/C9H6Br3FO2/c10-9(11,12)5-15-8(14)6-3-1-2-4-7(6)13/h1-4H,5H2. The number of benzene rings is 1. The summed E-state index contributed by atoms with van der Waals surface area (Å²) in [6, 6.07) is 5.66. The fourth-order valence-electron chi connectivity index (χ4n) is 0.852. The van der Waals surface area contributed by atoms with Crippen molar-refractivity contribution in [2.24, 2.45) is 0 Å². The Kier molecular flexibility index (Phi) is 4.73. The summed E-state index contributed by atoms with van der Waals surface area (Å²) in [5.74, 6) is -1.29. The molecule has 0 radical (unpaired) electrons. The smallest absolute Gasteiger partial charge is 0.341 e. The molecule has 82 valence electrons. The predicted octanol–water partition coefficient (Wildman–Crippen LogP) is 3.82. The van der Waals surface area contributed by atoms with E-state index in [1.165, 1.54) is 18.2 Å². The lowest BCUT2D eigenvalue weighted by Gasteiger charge is -2.12. The SMILES string of the molecule is O=C(OCC(Br)(Br)Br)c1ccccc1F. The summed E-state index contributed by atoms with van der Waals surface area (Å²) in [6.45, 7) is 0.0279. The summed E-state index contributed by atoms with van der Waals surface area (Å²) < 4.78 is 17.3. The van der Waals surface area contributed by atoms with Gasteiger partial charge in [-0.1, -0.05) is 59.9 Å². The molecule has 0 spiro atoms. The largest absolute Gasteiger partial charge is 0.459 e. The van der Waals surface area contributed by atoms with Gasteiger partial charge >= 0.3 is 5.97 Å². The van der Waals surface area contributed by atoms with Crippen LogP contribution < -0.4 is 0 Å². The van der Waals surface area contributed by atoms with Crippen LogP contribution in [0.3, 0.4) is 0 Å². The summed E-state index contributed by atoms with van der Waals surface area (Å²) in [6.07, 6.45) is 0. The first-order chi connectivity index (χ1) is 6.90. The van der Waals surface area contributed by atoms with E-state index in [4.69, 9.17) is 4.74 Å². The van der Waals surface area contributed by atoms with E-state index in [0.29, 0.717) is 0 Å². The number of halogens is 4. The number of esters is 1. The molecule has 0 fully saturated rings. The molecular formula is C9H6Br3FO2. The molecule has 1 aromatic rings. The zero-order valence-electron chi connectivity index (χ0n) is 7.34. The van der Waals surface area contributed by atoms with Crippen LogP contribution in [-0.2, 0) is 4.74 Å². The van der Waals surface area contributed by atoms with E-state index in [2.05, 4.69) is 47.8 Å². The van der Waals surface area contributed by atoms with E-state index in [-0.39, 0.29) is 12.2 Å². The fourth-order valence-corrected chi connectivity index (χ4v) is 1.20. The number of hydrogen-bond donors (Lipinski definition) is 0. The van der Waals surface area contributed by atoms with Crippen molar-refractivity contribution >= 4 is 53.8 Å². The molecule has 0 N–H and O–H groups in total. The highest BCUT2D eigenvalue weighted by Crippen LogP contribution is 2.33. The molecule has 0 aliphatic rings. The fraction of sp³-hybridized carbons (Fsp3) is 0.222. The Morgan fingerprint density at radius 1 is 1.33 bits per heavy atom. The maximum Gasteiger partial charge on any atom is 0.341 e. The lowest BCUT2D eigenvalue weighted by molar-refractivity contribution is 0.0516. The van der Waals surface area contributed by atoms with Crippen molar-refractivity contribution in [3.05, 3.63) is 35.6 Å². The van der Waals surface area contributed by atoms with Gasteiger partial charge in [0, 0.05) is 0 Å². The van der Waals surface area contributed by atoms with Crippen molar-refractivity contribution in [3.8, 4) is 0 Å². The first kappa shape index (κ1) is 13.1. The lowest BCUT2D eigenvalue weighted by atomic mass is 10.2. The molecule has 0 saturated heterocycles. The third-order valence-corrected chi connectivity index (χ3v) is 2.15. The van der Waals surface area contributed by atoms with Gasteiger partial charge in [-0.2, -0.15) is 0 Å². The molecule has 2 nitrogen and oxygen atoms in total. The van der Waals surface area contributed by atoms with Crippen LogP contribution in [0.15, 0.2) is 24.3 Å². The van der Waals surface area contributed by atoms with Crippen molar-refractivity contribution in [1.82, 2.24) is 0 Å². The van der Waals surface area contributed by atoms with Gasteiger partial charge in [-0.05, 0) is 12.1 Å². The molecule has 15 heavy (non-hydrogen) atoms. The Morgan fingerprint density at radius 2 is 1.93 bits per heavy atom. The zero-order chi connectivity index (χ0) is 11.5. The van der Waals surface area contributed by atoms with Crippen molar-refractivity contribution in [1.29, 1.82) is 0 Å². The van der Waals surface area contributed by atoms with Gasteiger partial charge in [-0.15, -0.1) is 0 Å². The topological polar surface area (TPSA) is 26.3 Å². The Morgan fingerprint density at radius 3 is 2.47 bits per heavy atom. The quantitative estimate of drug-likeness (QED) is 0.553. The second-order valence-corrected chi connectivity index (χ2v) is 9.92. The number of carbonyl (C=O) groups excluding carboxylic acids is 1. The van der Waals surface area contributed by atoms with E-state index >= 15 is 0 Å². The Labute approximate surface area is 112 Å². The minimum atomic E-state index is -0.698. The molecule has 0 aromatic heterocycles. The Bertz CT molecular complexity index is 363. The van der Waals surface area contributed by atoms with Crippen LogP contribution in [0, 0.1) is 5.82 Å². The summed E-state index contributed by atoms with van der Waals surface area (Å²) in [5, 5.41) is 0. The molecule has 0 saturated carbocycles. The Hall–Kier alpha value is 0.0600. The normalized spacial score (nSPS) is 11.2. The van der Waals surface area contributed by atoms with Gasteiger partial charge in [0.2, 0.25) is 0 Å². The number of carbonyl (C=O) groups is 1. The van der Waals surface area contributed by atoms with Crippen LogP contribution in [0.5, 0.6) is 0 Å². The van der Waals surface area contributed by atoms with Crippen molar-refractivity contribution < 1.29 is 13.9 Å². The molecule has 0 aliphatic heterocycles. The number of rotatable bonds is 2. The highest BCUT2D eigenvalue weighted by atomic mass is 80.0. The molecule has 0 unspecified atom stereocenters. The van der Waals surface area contributed by atoms with Crippen molar-refractivity contribution in [2.45, 2.75) is 2.14 Å². The minimum absolute atomic E-state index is 0.0279. The van der Waals surface area contributed by atoms with Crippen LogP contribution in [0.25, 0.3) is 0 Å². The van der Waals surface area contributed by atoms with Gasteiger partial charge in [-0.3, -0.25) is 0 Å². The molecule has 0 heterocycles. The molecule has 1 rings (SSSR count). The van der Waals surface area contributed by atoms with Crippen LogP contribution in [0.4, 0.5) is 4.39 Å². The molecule has 0 bridgehead atoms. The van der Waals surface area contributed by atoms with Gasteiger partial charge in [0.15, 0.2) is 2.14 Å². The van der Waals surface area contributed by atoms with E-state index in [0.717, 1.165) is 0 Å². The summed E-state index contributed by atoms with van der Waals surface area (Å²) in [4.78, 5) is 11.4. The maximum absolute atomic E-state index is 13.1. The Balaban J connectivity index is 2.66. The summed E-state index contributed by atoms with van der Waals surface area (Å²) >= 11 is 9.48. The predicted molar refractivity (Wildman–Crippen MR) is 66.2 cm³/mol. The zero-order valence-corrected chi connectivity index (χ0v) is 12.1. The van der Waals surface area contributed by atoms with Gasteiger partial charge in [0.05, 0.1) is 5.56 Å². The van der Waals surface area contributed by atoms with E-state index < -0.39 is 13.9 Å². The first-order valence-corrected chi connectivity index (χ1v) is 6.26. The van der Waals surface area contributed by atoms with Crippen LogP contribution in [0.2, 0.25) is 0 Å². The monoisotopic (exact) mass is 402 g/mol. The number of ether oxygens (including phenoxy) is 1. The number of hydrogen-bond acceptors (Lipinski definition) is 2. The molecule has 0 atom stereocenters. The third kappa shape index (κ3) is 4.61. The van der Waals surface area contributed by atoms with Crippen molar-refractivity contribution in [2.75, 3.05) is 6.61 Å². The highest BCUT2D eigenvalue weighted by Gasteiger charge is 2.21. The highest BCUT2D eigenvalue weighted by molar-refractivity contribution is 9.39. The van der Waals surface area contributed by atoms with Gasteiger partial charge in [0.25, 0.3) is 0 Å². The van der Waals surface area contributed by atoms with Crippen LogP contribution in [0.1, 0.15) is 10.4 Å². The average Bonchev–Trinajstić information content (AvgIpc) is 2.14. The second kappa shape index (κ2) is 5.41. The second-order valence-electron chi connectivity index (χ2n) is 2.67. The maximum atomic E-state index is 13.1. The molecule has 6 heteroatoms. The van der Waals surface area contributed by atoms with Gasteiger partial charge in [-0.25, -0.2) is 9.18 Å². The van der Waals surface area contributed by atoms with Crippen LogP contribution >= 0.6 is 47.8 Å². The first-order valence-electron chi connectivity index (χ1n) is 3.88.